The van der Waals surface area contributed by atoms with Gasteiger partial charge < -0.3 is 102 Å². The minimum atomic E-state index is -1.39. The van der Waals surface area contributed by atoms with Gasteiger partial charge in [0.05, 0.1) is 67.6 Å². The summed E-state index contributed by atoms with van der Waals surface area (Å²) in [5.74, 6) is -5.79. The van der Waals surface area contributed by atoms with Gasteiger partial charge in [0.2, 0.25) is 11.9 Å². The summed E-state index contributed by atoms with van der Waals surface area (Å²) in [5, 5.41) is 73.4. The number of aromatic amines is 2. The first-order valence-electron chi connectivity index (χ1n) is 25.1. The van der Waals surface area contributed by atoms with E-state index >= 15 is 0 Å². The molecule has 0 radical (unpaired) electrons. The quantitative estimate of drug-likeness (QED) is 0.0335. The standard InChI is InChI=1S/2C20H25N7O6.2C5H14NO/c2*1-27-12(9-23-16-15(27)18(31)26-20(21)25-16)8-22-11-4-2-10(3-5-11)17(30)24-13(19(32)33)6-7-14(28)29;2*1-6(2,3)4-5-7/h2*2-5,12-13,22H,6-9H2,1H3,(H,24,30)(H,28,29)(H,32,33)(H4,21,23,25,26,31);2*7H,4-5H2,1-3H3/q;;2*+1/p-2/t2*12-,13-;;/m00../s1. The van der Waals surface area contributed by atoms with E-state index in [0.717, 1.165) is 22.1 Å². The van der Waals surface area contributed by atoms with Crippen molar-refractivity contribution in [1.82, 2.24) is 30.6 Å². The molecule has 2 aromatic carbocycles. The Hall–Kier alpha value is -8.74. The van der Waals surface area contributed by atoms with Gasteiger partial charge in [-0.3, -0.25) is 29.1 Å². The van der Waals surface area contributed by atoms with Crippen LogP contribution in [0.3, 0.4) is 0 Å². The molecule has 0 fully saturated rings. The lowest BCUT2D eigenvalue weighted by Gasteiger charge is -2.35. The van der Waals surface area contributed by atoms with Crippen LogP contribution in [0.1, 0.15) is 46.4 Å². The third-order valence-electron chi connectivity index (χ3n) is 12.0. The highest BCUT2D eigenvalue weighted by Crippen LogP contribution is 2.26. The van der Waals surface area contributed by atoms with Crippen molar-refractivity contribution in [3.8, 4) is 0 Å². The number of anilines is 8. The summed E-state index contributed by atoms with van der Waals surface area (Å²) in [4.78, 5) is 109. The molecule has 4 heterocycles. The van der Waals surface area contributed by atoms with Gasteiger partial charge in [-0.1, -0.05) is 0 Å². The molecule has 30 nitrogen and oxygen atoms in total. The lowest BCUT2D eigenvalue weighted by Crippen LogP contribution is -2.48. The fraction of sp³-hybridized carbons (Fsp3) is 0.480. The Balaban J connectivity index is 0.000000339. The van der Waals surface area contributed by atoms with Gasteiger partial charge in [0.25, 0.3) is 22.9 Å². The van der Waals surface area contributed by atoms with Crippen LogP contribution < -0.4 is 74.5 Å². The van der Waals surface area contributed by atoms with Crippen molar-refractivity contribution in [2.45, 2.75) is 49.9 Å². The number of aliphatic hydroxyl groups excluding tert-OH is 2. The predicted octanol–water partition coefficient (Wildman–Crippen LogP) is -3.82. The average Bonchev–Trinajstić information content (AvgIpc) is 3.35. The van der Waals surface area contributed by atoms with Crippen LogP contribution in [0.5, 0.6) is 0 Å². The SMILES string of the molecule is CN1c2c(nc(N)[nH]c2=O)NC[C@@H]1CNc1ccc(C(=O)N[C@@H](CCC(=O)[O-])C(=O)O)cc1.CN1c2c(nc(N)[nH]c2=O)NC[C@@H]1CNc1ccc(C(=O)N[C@@H](CCC(=O)[O-])C(=O)O)cc1.C[N+](C)(C)CCO.C[N+](C)(C)CCO. The maximum absolute atomic E-state index is 12.3. The first-order chi connectivity index (χ1) is 37.4. The monoisotopic (exact) mass is 1120 g/mol. The number of carboxylic acid groups (broad SMARTS) is 4. The summed E-state index contributed by atoms with van der Waals surface area (Å²) in [6.45, 7) is 4.23. The van der Waals surface area contributed by atoms with Crippen molar-refractivity contribution in [2.24, 2.45) is 0 Å². The summed E-state index contributed by atoms with van der Waals surface area (Å²) in [6.07, 6.45) is -1.52. The number of nitrogens with zero attached hydrogens (tertiary/aromatic N) is 6. The molecule has 0 unspecified atom stereocenters. The number of quaternary nitrogens is 2. The van der Waals surface area contributed by atoms with E-state index in [1.807, 2.05) is 9.80 Å². The van der Waals surface area contributed by atoms with Gasteiger partial charge >= 0.3 is 11.9 Å². The number of aliphatic hydroxyl groups is 2. The van der Waals surface area contributed by atoms with E-state index in [1.165, 1.54) is 24.3 Å². The second kappa shape index (κ2) is 30.4. The van der Waals surface area contributed by atoms with E-state index in [9.17, 15) is 48.6 Å². The van der Waals surface area contributed by atoms with E-state index in [2.05, 4.69) is 94.1 Å². The van der Waals surface area contributed by atoms with Gasteiger partial charge in [-0.25, -0.2) is 9.59 Å². The van der Waals surface area contributed by atoms with Crippen LogP contribution in [0.2, 0.25) is 0 Å². The number of aliphatic carboxylic acids is 4. The number of hydrogen-bond acceptors (Lipinski definition) is 22. The van der Waals surface area contributed by atoms with Crippen molar-refractivity contribution in [2.75, 3.05) is 151 Å². The van der Waals surface area contributed by atoms with Crippen molar-refractivity contribution < 1.29 is 68.4 Å². The van der Waals surface area contributed by atoms with Gasteiger partial charge in [0.1, 0.15) is 36.5 Å². The van der Waals surface area contributed by atoms with E-state index < -0.39 is 60.6 Å². The molecule has 0 saturated heterocycles. The number of carbonyl (C=O) groups is 6. The van der Waals surface area contributed by atoms with Crippen molar-refractivity contribution in [3.63, 3.8) is 0 Å². The Labute approximate surface area is 461 Å². The number of aromatic nitrogens is 4. The van der Waals surface area contributed by atoms with Crippen LogP contribution in [0.15, 0.2) is 58.1 Å². The molecule has 30 heteroatoms. The van der Waals surface area contributed by atoms with Crippen LogP contribution in [-0.4, -0.2) is 218 Å². The molecule has 2 aromatic heterocycles. The lowest BCUT2D eigenvalue weighted by molar-refractivity contribution is -0.870. The number of H-pyrrole nitrogens is 2. The number of nitrogens with one attached hydrogen (secondary N) is 8. The number of carbonyl (C=O) groups excluding carboxylic acids is 4. The normalized spacial score (nSPS) is 15.0. The highest BCUT2D eigenvalue weighted by molar-refractivity contribution is 5.97. The van der Waals surface area contributed by atoms with Crippen LogP contribution in [0.25, 0.3) is 0 Å². The fourth-order valence-electron chi connectivity index (χ4n) is 7.43. The Morgan fingerprint density at radius 3 is 1.21 bits per heavy atom. The maximum atomic E-state index is 12.3. The molecular formula is C50H76N16O14. The Morgan fingerprint density at radius 1 is 0.625 bits per heavy atom. The van der Waals surface area contributed by atoms with Crippen LogP contribution in [-0.2, 0) is 19.2 Å². The molecule has 80 heavy (non-hydrogen) atoms. The predicted molar refractivity (Wildman–Crippen MR) is 296 cm³/mol. The zero-order chi connectivity index (χ0) is 60.1. The second-order valence-electron chi connectivity index (χ2n) is 20.5. The lowest BCUT2D eigenvalue weighted by atomic mass is 10.1. The third kappa shape index (κ3) is 21.9. The summed E-state index contributed by atoms with van der Waals surface area (Å²) in [6, 6.07) is 9.88. The van der Waals surface area contributed by atoms with Crippen LogP contribution in [0.4, 0.5) is 46.3 Å². The maximum Gasteiger partial charge on any atom is 0.326 e. The summed E-state index contributed by atoms with van der Waals surface area (Å²) in [5.41, 5.74) is 13.1. The second-order valence-corrected chi connectivity index (χ2v) is 20.5. The van der Waals surface area contributed by atoms with E-state index in [4.69, 9.17) is 31.9 Å². The Kier molecular flexibility index (Phi) is 24.9. The summed E-state index contributed by atoms with van der Waals surface area (Å²) < 4.78 is 1.69. The molecule has 4 aromatic rings. The number of rotatable bonds is 22. The highest BCUT2D eigenvalue weighted by atomic mass is 16.4. The molecule has 6 rings (SSSR count). The molecule has 2 aliphatic heterocycles. The minimum Gasteiger partial charge on any atom is -0.550 e. The summed E-state index contributed by atoms with van der Waals surface area (Å²) in [7, 11) is 15.9. The van der Waals surface area contributed by atoms with Crippen LogP contribution >= 0.6 is 0 Å². The number of nitrogen functional groups attached to an aromatic ring is 2. The molecule has 0 saturated carbocycles. The van der Waals surface area contributed by atoms with E-state index in [-0.39, 0.29) is 72.3 Å². The highest BCUT2D eigenvalue weighted by Gasteiger charge is 2.29. The number of amides is 2. The largest absolute Gasteiger partial charge is 0.550 e. The van der Waals surface area contributed by atoms with Gasteiger partial charge in [-0.05, 0) is 74.2 Å². The van der Waals surface area contributed by atoms with Gasteiger partial charge in [-0.2, -0.15) is 9.97 Å². The first-order valence-corrected chi connectivity index (χ1v) is 25.1. The molecule has 16 N–H and O–H groups in total. The van der Waals surface area contributed by atoms with Crippen molar-refractivity contribution in [1.29, 1.82) is 0 Å². The van der Waals surface area contributed by atoms with Gasteiger partial charge in [-0.15, -0.1) is 0 Å². The van der Waals surface area contributed by atoms with Crippen molar-refractivity contribution in [3.05, 3.63) is 80.4 Å². The molecular weight excluding hydrogens is 1050 g/mol. The molecule has 2 amide bonds. The molecule has 0 spiro atoms. The minimum absolute atomic E-state index is 0.0360. The number of hydrogen-bond donors (Lipinski definition) is 14. The van der Waals surface area contributed by atoms with E-state index in [1.54, 1.807) is 38.4 Å². The van der Waals surface area contributed by atoms with E-state index in [0.29, 0.717) is 60.6 Å². The Bertz CT molecular complexity index is 2650. The fourth-order valence-corrected chi connectivity index (χ4v) is 7.43. The van der Waals surface area contributed by atoms with Gasteiger partial charge in [0, 0.05) is 74.7 Å². The molecule has 2 aliphatic rings. The number of benzene rings is 2. The average molecular weight is 1130 g/mol. The summed E-state index contributed by atoms with van der Waals surface area (Å²) >= 11 is 0. The number of likely N-dealkylation sites (N-methyl/N-ethyl adjacent to an activating group) is 4. The van der Waals surface area contributed by atoms with Gasteiger partial charge in [0.15, 0.2) is 11.6 Å². The number of carboxylic acids is 4. The van der Waals surface area contributed by atoms with Crippen LogP contribution in [0, 0.1) is 0 Å². The smallest absolute Gasteiger partial charge is 0.326 e. The Morgan fingerprint density at radius 2 is 0.950 bits per heavy atom. The molecule has 0 bridgehead atoms. The van der Waals surface area contributed by atoms with Crippen molar-refractivity contribution >= 4 is 82.0 Å². The number of nitrogens with two attached hydrogens (primary N) is 2. The number of fused-ring (bicyclic) bond motifs is 2. The molecule has 4 atom stereocenters. The topological polar surface area (TPSA) is 452 Å². The third-order valence-corrected chi connectivity index (χ3v) is 12.0. The zero-order valence-electron chi connectivity index (χ0n) is 46.1. The molecule has 440 valence electrons. The zero-order valence-corrected chi connectivity index (χ0v) is 46.1. The first kappa shape index (κ1) is 65.5. The molecule has 0 aliphatic carbocycles.